The Morgan fingerprint density at radius 3 is 2.36 bits per heavy atom. The van der Waals surface area contributed by atoms with Crippen LogP contribution in [0.5, 0.6) is 5.75 Å². The molecule has 2 aromatic rings. The van der Waals surface area contributed by atoms with Crippen LogP contribution in [0.25, 0.3) is 10.9 Å². The van der Waals surface area contributed by atoms with Crippen molar-refractivity contribution >= 4 is 33.5 Å². The number of aromatic amines is 1. The molecule has 4 nitrogen and oxygen atoms in total. The van der Waals surface area contributed by atoms with Gasteiger partial charge in [0.15, 0.2) is 0 Å². The van der Waals surface area contributed by atoms with E-state index in [1.165, 1.54) is 0 Å². The molecular formula is C16H25NO3Si2. The number of rotatable bonds is 5. The standard InChI is InChI=1S/C16H25NO3Si2/c1-21(2,3)19-13-7-8-15-14(10-13)12(11-17-15)9-16(18)20-22(4,5)6/h7-8,10-11,17H,9H2,1-6H3. The van der Waals surface area contributed by atoms with Crippen LogP contribution in [-0.2, 0) is 15.6 Å². The fourth-order valence-corrected chi connectivity index (χ4v) is 3.84. The largest absolute Gasteiger partial charge is 0.544 e. The molecule has 0 unspecified atom stereocenters. The lowest BCUT2D eigenvalue weighted by atomic mass is 10.1. The summed E-state index contributed by atoms with van der Waals surface area (Å²) in [5.41, 5.74) is 1.97. The molecule has 0 saturated heterocycles. The lowest BCUT2D eigenvalue weighted by Crippen LogP contribution is -2.30. The monoisotopic (exact) mass is 335 g/mol. The second kappa shape index (κ2) is 5.93. The Balaban J connectivity index is 2.24. The van der Waals surface area contributed by atoms with Crippen LogP contribution in [0.4, 0.5) is 0 Å². The predicted molar refractivity (Wildman–Crippen MR) is 95.4 cm³/mol. The van der Waals surface area contributed by atoms with Crippen LogP contribution in [0.15, 0.2) is 24.4 Å². The number of hydrogen-bond acceptors (Lipinski definition) is 3. The number of fused-ring (bicyclic) bond motifs is 1. The van der Waals surface area contributed by atoms with Gasteiger partial charge in [-0.15, -0.1) is 0 Å². The first-order valence-corrected chi connectivity index (χ1v) is 14.4. The molecule has 0 aliphatic heterocycles. The van der Waals surface area contributed by atoms with Gasteiger partial charge in [-0.25, -0.2) is 0 Å². The number of nitrogens with one attached hydrogen (secondary N) is 1. The van der Waals surface area contributed by atoms with E-state index in [0.717, 1.165) is 22.2 Å². The number of hydrogen-bond donors (Lipinski definition) is 1. The molecule has 0 spiro atoms. The molecule has 0 aliphatic rings. The molecule has 0 aliphatic carbocycles. The van der Waals surface area contributed by atoms with Crippen LogP contribution in [0.1, 0.15) is 5.56 Å². The molecule has 22 heavy (non-hydrogen) atoms. The minimum Gasteiger partial charge on any atom is -0.544 e. The Kier molecular flexibility index (Phi) is 4.53. The van der Waals surface area contributed by atoms with E-state index in [2.05, 4.69) is 24.6 Å². The molecule has 2 rings (SSSR count). The van der Waals surface area contributed by atoms with E-state index in [0.29, 0.717) is 6.42 Å². The summed E-state index contributed by atoms with van der Waals surface area (Å²) in [5.74, 6) is 0.711. The van der Waals surface area contributed by atoms with E-state index in [1.807, 2.05) is 44.0 Å². The van der Waals surface area contributed by atoms with E-state index in [1.54, 1.807) is 0 Å². The van der Waals surface area contributed by atoms with Crippen molar-refractivity contribution in [3.8, 4) is 5.75 Å². The summed E-state index contributed by atoms with van der Waals surface area (Å²) >= 11 is 0. The summed E-state index contributed by atoms with van der Waals surface area (Å²) in [5, 5.41) is 1.03. The van der Waals surface area contributed by atoms with Crippen molar-refractivity contribution in [2.24, 2.45) is 0 Å². The minimum absolute atomic E-state index is 0.156. The van der Waals surface area contributed by atoms with Gasteiger partial charge in [-0.1, -0.05) is 0 Å². The number of benzene rings is 1. The molecule has 1 N–H and O–H groups in total. The van der Waals surface area contributed by atoms with Crippen molar-refractivity contribution in [1.29, 1.82) is 0 Å². The van der Waals surface area contributed by atoms with Crippen LogP contribution < -0.4 is 4.43 Å². The Bertz CT molecular complexity index is 681. The SMILES string of the molecule is C[Si](C)(C)OC(=O)Cc1c[nH]c2ccc(O[Si](C)(C)C)cc12. The van der Waals surface area contributed by atoms with Crippen LogP contribution in [0, 0.1) is 0 Å². The molecule has 1 aromatic carbocycles. The van der Waals surface area contributed by atoms with Gasteiger partial charge >= 0.3 is 0 Å². The lowest BCUT2D eigenvalue weighted by molar-refractivity contribution is -0.134. The maximum Gasteiger partial charge on any atom is 0.297 e. The van der Waals surface area contributed by atoms with E-state index in [9.17, 15) is 4.79 Å². The Morgan fingerprint density at radius 1 is 1.09 bits per heavy atom. The number of carbonyl (C=O) groups is 1. The first-order chi connectivity index (χ1) is 10.0. The highest BCUT2D eigenvalue weighted by atomic mass is 28.4. The maximum atomic E-state index is 12.1. The summed E-state index contributed by atoms with van der Waals surface area (Å²) in [7, 11) is -3.49. The van der Waals surface area contributed by atoms with Gasteiger partial charge in [-0.3, -0.25) is 4.79 Å². The highest BCUT2D eigenvalue weighted by Gasteiger charge is 2.21. The first-order valence-electron chi connectivity index (χ1n) is 7.54. The van der Waals surface area contributed by atoms with E-state index < -0.39 is 16.6 Å². The van der Waals surface area contributed by atoms with Crippen molar-refractivity contribution in [3.05, 3.63) is 30.0 Å². The van der Waals surface area contributed by atoms with Crippen molar-refractivity contribution in [1.82, 2.24) is 4.98 Å². The van der Waals surface area contributed by atoms with Crippen molar-refractivity contribution in [3.63, 3.8) is 0 Å². The van der Waals surface area contributed by atoms with Crippen LogP contribution in [0.2, 0.25) is 39.3 Å². The lowest BCUT2D eigenvalue weighted by Gasteiger charge is -2.19. The topological polar surface area (TPSA) is 51.3 Å². The molecular weight excluding hydrogens is 310 g/mol. The molecule has 1 heterocycles. The number of aromatic nitrogens is 1. The third-order valence-electron chi connectivity index (χ3n) is 2.92. The molecule has 6 heteroatoms. The predicted octanol–water partition coefficient (Wildman–Crippen LogP) is 4.30. The summed E-state index contributed by atoms with van der Waals surface area (Å²) in [4.78, 5) is 15.3. The van der Waals surface area contributed by atoms with Gasteiger partial charge in [0.25, 0.3) is 5.97 Å². The second-order valence-corrected chi connectivity index (χ2v) is 16.4. The van der Waals surface area contributed by atoms with Crippen LogP contribution in [0.3, 0.4) is 0 Å². The van der Waals surface area contributed by atoms with Gasteiger partial charge in [0, 0.05) is 17.1 Å². The van der Waals surface area contributed by atoms with Crippen LogP contribution >= 0.6 is 0 Å². The van der Waals surface area contributed by atoms with Gasteiger partial charge in [-0.05, 0) is 63.0 Å². The van der Waals surface area contributed by atoms with E-state index >= 15 is 0 Å². The van der Waals surface area contributed by atoms with Crippen molar-refractivity contribution < 1.29 is 13.6 Å². The van der Waals surface area contributed by atoms with Gasteiger partial charge in [0.1, 0.15) is 5.75 Å². The minimum atomic E-state index is -1.84. The quantitative estimate of drug-likeness (QED) is 0.829. The van der Waals surface area contributed by atoms with Gasteiger partial charge < -0.3 is 13.8 Å². The van der Waals surface area contributed by atoms with E-state index in [-0.39, 0.29) is 5.97 Å². The zero-order valence-electron chi connectivity index (χ0n) is 14.2. The summed E-state index contributed by atoms with van der Waals surface area (Å²) in [6.45, 7) is 12.5. The fraction of sp³-hybridized carbons (Fsp3) is 0.438. The fourth-order valence-electron chi connectivity index (χ4n) is 2.25. The normalized spacial score (nSPS) is 12.5. The van der Waals surface area contributed by atoms with Gasteiger partial charge in [0.2, 0.25) is 16.6 Å². The molecule has 0 amide bonds. The zero-order valence-corrected chi connectivity index (χ0v) is 16.2. The second-order valence-electron chi connectivity index (χ2n) is 7.50. The highest BCUT2D eigenvalue weighted by molar-refractivity contribution is 6.71. The van der Waals surface area contributed by atoms with Gasteiger partial charge in [0.05, 0.1) is 6.42 Å². The molecule has 0 radical (unpaired) electrons. The van der Waals surface area contributed by atoms with Crippen molar-refractivity contribution in [2.75, 3.05) is 0 Å². The summed E-state index contributed by atoms with van der Waals surface area (Å²) in [6, 6.07) is 5.99. The Labute approximate surface area is 134 Å². The van der Waals surface area contributed by atoms with Crippen molar-refractivity contribution in [2.45, 2.75) is 45.7 Å². The molecule has 0 saturated carbocycles. The maximum absolute atomic E-state index is 12.1. The number of H-pyrrole nitrogens is 1. The number of carbonyl (C=O) groups excluding carboxylic acids is 1. The third-order valence-corrected chi connectivity index (χ3v) is 4.61. The molecule has 120 valence electrons. The first kappa shape index (κ1) is 16.8. The smallest absolute Gasteiger partial charge is 0.297 e. The van der Waals surface area contributed by atoms with E-state index in [4.69, 9.17) is 8.85 Å². The summed E-state index contributed by atoms with van der Waals surface area (Å²) < 4.78 is 11.6. The Morgan fingerprint density at radius 2 is 1.77 bits per heavy atom. The zero-order chi connectivity index (χ0) is 16.5. The molecule has 0 fully saturated rings. The van der Waals surface area contributed by atoms with Crippen LogP contribution in [-0.4, -0.2) is 27.6 Å². The highest BCUT2D eigenvalue weighted by Crippen LogP contribution is 2.26. The Hall–Kier alpha value is -1.54. The third kappa shape index (κ3) is 4.74. The van der Waals surface area contributed by atoms with Gasteiger partial charge in [-0.2, -0.15) is 0 Å². The average molecular weight is 336 g/mol. The molecule has 1 aromatic heterocycles. The summed E-state index contributed by atoms with van der Waals surface area (Å²) in [6.07, 6.45) is 2.18. The molecule has 0 bridgehead atoms. The molecule has 0 atom stereocenters. The average Bonchev–Trinajstić information content (AvgIpc) is 2.67.